The summed E-state index contributed by atoms with van der Waals surface area (Å²) in [6.45, 7) is 13.0. The molecule has 0 aliphatic carbocycles. The number of carbonyl (C=O) groups is 1. The second kappa shape index (κ2) is 7.90. The number of aliphatic carboxylic acids is 1. The molecular formula is C24H27NO3. The number of carboxylic acid groups (broad SMARTS) is 1. The average molecular weight is 377 g/mol. The van der Waals surface area contributed by atoms with Gasteiger partial charge in [0.15, 0.2) is 0 Å². The molecule has 0 saturated heterocycles. The van der Waals surface area contributed by atoms with Crippen molar-refractivity contribution in [3.63, 3.8) is 0 Å². The topological polar surface area (TPSA) is 70.3 Å². The summed E-state index contributed by atoms with van der Waals surface area (Å²) < 4.78 is 6.14. The van der Waals surface area contributed by atoms with Crippen LogP contribution in [0.3, 0.4) is 0 Å². The molecule has 0 fully saturated rings. The zero-order valence-electron chi connectivity index (χ0n) is 17.3. The van der Waals surface area contributed by atoms with Gasteiger partial charge in [0.1, 0.15) is 23.1 Å². The molecule has 0 bridgehead atoms. The third-order valence-electron chi connectivity index (χ3n) is 4.42. The van der Waals surface area contributed by atoms with Gasteiger partial charge in [-0.2, -0.15) is 5.26 Å². The summed E-state index contributed by atoms with van der Waals surface area (Å²) in [6, 6.07) is 15.0. The van der Waals surface area contributed by atoms with Gasteiger partial charge in [0, 0.05) is 5.56 Å². The van der Waals surface area contributed by atoms with Gasteiger partial charge in [0.05, 0.1) is 0 Å². The molecular weight excluding hydrogens is 350 g/mol. The van der Waals surface area contributed by atoms with Gasteiger partial charge in [-0.1, -0.05) is 65.8 Å². The van der Waals surface area contributed by atoms with Gasteiger partial charge >= 0.3 is 5.97 Å². The Bertz CT molecular complexity index is 934. The van der Waals surface area contributed by atoms with Crippen LogP contribution in [0.15, 0.2) is 48.0 Å². The van der Waals surface area contributed by atoms with Crippen molar-refractivity contribution >= 4 is 12.0 Å². The van der Waals surface area contributed by atoms with Crippen LogP contribution < -0.4 is 4.74 Å². The maximum atomic E-state index is 11.0. The molecule has 4 heteroatoms. The van der Waals surface area contributed by atoms with Crippen molar-refractivity contribution in [1.82, 2.24) is 0 Å². The summed E-state index contributed by atoms with van der Waals surface area (Å²) in [5, 5.41) is 17.8. The molecule has 0 aliphatic heterocycles. The Kier molecular flexibility index (Phi) is 5.99. The van der Waals surface area contributed by atoms with Crippen molar-refractivity contribution < 1.29 is 14.6 Å². The lowest BCUT2D eigenvalue weighted by atomic mass is 9.80. The lowest BCUT2D eigenvalue weighted by molar-refractivity contribution is -0.132. The van der Waals surface area contributed by atoms with Gasteiger partial charge in [-0.25, -0.2) is 4.79 Å². The van der Waals surface area contributed by atoms with Crippen LogP contribution >= 0.6 is 0 Å². The van der Waals surface area contributed by atoms with Crippen LogP contribution in [-0.2, 0) is 15.6 Å². The van der Waals surface area contributed by atoms with Crippen molar-refractivity contribution in [2.24, 2.45) is 0 Å². The molecule has 146 valence electrons. The van der Waals surface area contributed by atoms with E-state index in [2.05, 4.69) is 53.7 Å². The first kappa shape index (κ1) is 21.2. The molecule has 0 heterocycles. The molecule has 0 amide bonds. The Labute approximate surface area is 167 Å². The number of nitriles is 1. The smallest absolute Gasteiger partial charge is 0.346 e. The summed E-state index contributed by atoms with van der Waals surface area (Å²) in [5.41, 5.74) is 2.67. The van der Waals surface area contributed by atoms with Crippen molar-refractivity contribution in [2.45, 2.75) is 52.4 Å². The highest BCUT2D eigenvalue weighted by atomic mass is 16.5. The van der Waals surface area contributed by atoms with E-state index in [-0.39, 0.29) is 16.4 Å². The van der Waals surface area contributed by atoms with Crippen LogP contribution in [0.25, 0.3) is 6.08 Å². The van der Waals surface area contributed by atoms with Crippen molar-refractivity contribution in [1.29, 1.82) is 5.26 Å². The van der Waals surface area contributed by atoms with E-state index in [1.54, 1.807) is 30.3 Å². The maximum Gasteiger partial charge on any atom is 0.346 e. The second-order valence-electron chi connectivity index (χ2n) is 8.86. The van der Waals surface area contributed by atoms with E-state index >= 15 is 0 Å². The number of hydrogen-bond donors (Lipinski definition) is 1. The molecule has 28 heavy (non-hydrogen) atoms. The molecule has 2 aromatic carbocycles. The van der Waals surface area contributed by atoms with Gasteiger partial charge in [-0.3, -0.25) is 0 Å². The number of nitrogens with zero attached hydrogens (tertiary/aromatic N) is 1. The molecule has 0 saturated carbocycles. The first-order chi connectivity index (χ1) is 12.9. The Morgan fingerprint density at radius 3 is 2.07 bits per heavy atom. The Morgan fingerprint density at radius 1 is 1.00 bits per heavy atom. The molecule has 0 aliphatic rings. The van der Waals surface area contributed by atoms with Gasteiger partial charge in [0.2, 0.25) is 0 Å². The van der Waals surface area contributed by atoms with Crippen LogP contribution in [0.5, 0.6) is 11.5 Å². The fourth-order valence-corrected chi connectivity index (χ4v) is 2.74. The summed E-state index contributed by atoms with van der Waals surface area (Å²) in [6.07, 6.45) is 1.34. The number of benzene rings is 2. The third-order valence-corrected chi connectivity index (χ3v) is 4.42. The van der Waals surface area contributed by atoms with Crippen LogP contribution in [0.2, 0.25) is 0 Å². The quantitative estimate of drug-likeness (QED) is 0.519. The molecule has 0 unspecified atom stereocenters. The molecule has 2 rings (SSSR count). The normalized spacial score (nSPS) is 12.4. The minimum absolute atomic E-state index is 0.0507. The minimum atomic E-state index is -1.24. The first-order valence-corrected chi connectivity index (χ1v) is 9.20. The minimum Gasteiger partial charge on any atom is -0.477 e. The lowest BCUT2D eigenvalue weighted by Gasteiger charge is -2.27. The zero-order chi connectivity index (χ0) is 21.1. The van der Waals surface area contributed by atoms with Crippen molar-refractivity contribution in [2.75, 3.05) is 0 Å². The molecule has 2 aromatic rings. The van der Waals surface area contributed by atoms with Gasteiger partial charge in [-0.15, -0.1) is 0 Å². The Hall–Kier alpha value is -3.06. The van der Waals surface area contributed by atoms with Crippen LogP contribution in [-0.4, -0.2) is 11.1 Å². The number of hydrogen-bond acceptors (Lipinski definition) is 3. The first-order valence-electron chi connectivity index (χ1n) is 9.20. The highest BCUT2D eigenvalue weighted by Gasteiger charge is 2.23. The van der Waals surface area contributed by atoms with E-state index in [4.69, 9.17) is 15.1 Å². The van der Waals surface area contributed by atoms with Gasteiger partial charge in [0.25, 0.3) is 0 Å². The summed E-state index contributed by atoms with van der Waals surface area (Å²) in [5.74, 6) is 0.212. The van der Waals surface area contributed by atoms with E-state index in [0.717, 1.165) is 11.3 Å². The summed E-state index contributed by atoms with van der Waals surface area (Å²) in [4.78, 5) is 11.0. The predicted molar refractivity (Wildman–Crippen MR) is 112 cm³/mol. The molecule has 0 aromatic heterocycles. The van der Waals surface area contributed by atoms with Crippen LogP contribution in [0.4, 0.5) is 0 Å². The Morgan fingerprint density at radius 2 is 1.61 bits per heavy atom. The fraction of sp³-hybridized carbons (Fsp3) is 0.333. The number of ether oxygens (including phenoxy) is 1. The maximum absolute atomic E-state index is 11.0. The van der Waals surface area contributed by atoms with E-state index < -0.39 is 5.97 Å². The standard InChI is InChI=1S/C24H27NO3/c1-23(2,3)18-9-12-21(20(14-18)24(4,5)6)28-19-10-7-16(8-11-19)13-17(15-25)22(26)27/h7-14H,1-6H3,(H,26,27). The highest BCUT2D eigenvalue weighted by Crippen LogP contribution is 2.37. The predicted octanol–water partition coefficient (Wildman–Crippen LogP) is 6.07. The number of rotatable bonds is 4. The van der Waals surface area contributed by atoms with Gasteiger partial charge in [-0.05, 0) is 46.2 Å². The largest absolute Gasteiger partial charge is 0.477 e. The summed E-state index contributed by atoms with van der Waals surface area (Å²) >= 11 is 0. The Balaban J connectivity index is 2.36. The fourth-order valence-electron chi connectivity index (χ4n) is 2.74. The summed E-state index contributed by atoms with van der Waals surface area (Å²) in [7, 11) is 0. The monoisotopic (exact) mass is 377 g/mol. The highest BCUT2D eigenvalue weighted by molar-refractivity contribution is 5.96. The second-order valence-corrected chi connectivity index (χ2v) is 8.86. The van der Waals surface area contributed by atoms with Crippen molar-refractivity contribution in [3.8, 4) is 17.6 Å². The lowest BCUT2D eigenvalue weighted by Crippen LogP contribution is -2.17. The van der Waals surface area contributed by atoms with Crippen LogP contribution in [0.1, 0.15) is 58.2 Å². The van der Waals surface area contributed by atoms with Crippen LogP contribution in [0, 0.1) is 11.3 Å². The molecule has 0 radical (unpaired) electrons. The molecule has 1 N–H and O–H groups in total. The zero-order valence-corrected chi connectivity index (χ0v) is 17.3. The SMILES string of the molecule is CC(C)(C)c1ccc(Oc2ccc(C=C(C#N)C(=O)O)cc2)c(C(C)(C)C)c1. The van der Waals surface area contributed by atoms with E-state index in [0.29, 0.717) is 11.3 Å². The molecule has 4 nitrogen and oxygen atoms in total. The molecule has 0 atom stereocenters. The number of carboxylic acids is 1. The van der Waals surface area contributed by atoms with Gasteiger partial charge < -0.3 is 9.84 Å². The van der Waals surface area contributed by atoms with Crippen molar-refractivity contribution in [3.05, 3.63) is 64.7 Å². The van der Waals surface area contributed by atoms with E-state index in [1.807, 2.05) is 6.07 Å². The van der Waals surface area contributed by atoms with E-state index in [9.17, 15) is 4.79 Å². The third kappa shape index (κ3) is 5.23. The average Bonchev–Trinajstić information content (AvgIpc) is 2.59. The molecule has 0 spiro atoms. The van der Waals surface area contributed by atoms with E-state index in [1.165, 1.54) is 11.6 Å².